The summed E-state index contributed by atoms with van der Waals surface area (Å²) in [7, 11) is 0. The number of rotatable bonds is 4. The number of carbonyl (C=O) groups excluding carboxylic acids is 1. The maximum Gasteiger partial charge on any atom is 0.407 e. The molecule has 19 heavy (non-hydrogen) atoms. The third-order valence-electron chi connectivity index (χ3n) is 2.13. The summed E-state index contributed by atoms with van der Waals surface area (Å²) in [5.74, 6) is 0. The molecule has 0 atom stereocenters. The molecule has 1 aromatic rings. The summed E-state index contributed by atoms with van der Waals surface area (Å²) in [6, 6.07) is 1.47. The molecule has 1 aromatic heterocycles. The van der Waals surface area contributed by atoms with E-state index >= 15 is 0 Å². The van der Waals surface area contributed by atoms with Crippen molar-refractivity contribution in [3.8, 4) is 0 Å². The van der Waals surface area contributed by atoms with Crippen LogP contribution in [0.1, 0.15) is 32.8 Å². The molecule has 0 bridgehead atoms. The highest BCUT2D eigenvalue weighted by atomic mass is 16.6. The van der Waals surface area contributed by atoms with Crippen LogP contribution in [0.2, 0.25) is 0 Å². The van der Waals surface area contributed by atoms with E-state index in [0.29, 0.717) is 18.5 Å². The minimum atomic E-state index is -0.489. The lowest BCUT2D eigenvalue weighted by atomic mass is 10.2. The predicted molar refractivity (Wildman–Crippen MR) is 75.0 cm³/mol. The molecule has 1 amide bonds. The summed E-state index contributed by atoms with van der Waals surface area (Å²) in [5, 5.41) is 2.64. The van der Waals surface area contributed by atoms with Gasteiger partial charge in [0.2, 0.25) is 0 Å². The summed E-state index contributed by atoms with van der Waals surface area (Å²) in [5.41, 5.74) is 0.0759. The standard InChI is InChI=1S/C14H20N2O3/c1-14(2,3)19-13(18)16-8-5-4-6-11-10-15-9-7-12(11)17/h4,6-7,9-10H,5,8H2,1-3H3,(H,15,17)(H,16,18). The van der Waals surface area contributed by atoms with Crippen molar-refractivity contribution in [3.63, 3.8) is 0 Å². The molecule has 1 rings (SSSR count). The summed E-state index contributed by atoms with van der Waals surface area (Å²) in [6.07, 6.45) is 6.99. The van der Waals surface area contributed by atoms with Gasteiger partial charge in [-0.15, -0.1) is 0 Å². The third-order valence-corrected chi connectivity index (χ3v) is 2.13. The van der Waals surface area contributed by atoms with Crippen molar-refractivity contribution in [1.29, 1.82) is 0 Å². The topological polar surface area (TPSA) is 71.2 Å². The number of alkyl carbamates (subject to hydrolysis) is 1. The van der Waals surface area contributed by atoms with Crippen LogP contribution in [0.3, 0.4) is 0 Å². The summed E-state index contributed by atoms with van der Waals surface area (Å²) < 4.78 is 5.09. The highest BCUT2D eigenvalue weighted by Crippen LogP contribution is 2.06. The van der Waals surface area contributed by atoms with Crippen LogP contribution in [0.15, 0.2) is 29.3 Å². The van der Waals surface area contributed by atoms with Crippen LogP contribution in [0.5, 0.6) is 0 Å². The van der Waals surface area contributed by atoms with E-state index in [0.717, 1.165) is 0 Å². The first kappa shape index (κ1) is 15.0. The summed E-state index contributed by atoms with van der Waals surface area (Å²) >= 11 is 0. The van der Waals surface area contributed by atoms with E-state index in [9.17, 15) is 9.59 Å². The molecule has 0 radical (unpaired) electrons. The predicted octanol–water partition coefficient (Wildman–Crippen LogP) is 2.30. The zero-order valence-electron chi connectivity index (χ0n) is 11.5. The van der Waals surface area contributed by atoms with Gasteiger partial charge in [0.15, 0.2) is 5.43 Å². The average molecular weight is 264 g/mol. The smallest absolute Gasteiger partial charge is 0.407 e. The number of nitrogens with one attached hydrogen (secondary N) is 2. The number of aromatic amines is 1. The number of hydrogen-bond donors (Lipinski definition) is 2. The SMILES string of the molecule is CC(C)(C)OC(=O)NCCC=Cc1c[nH]ccc1=O. The van der Waals surface area contributed by atoms with E-state index in [1.54, 1.807) is 18.5 Å². The molecule has 5 nitrogen and oxygen atoms in total. The van der Waals surface area contributed by atoms with Crippen molar-refractivity contribution >= 4 is 12.2 Å². The van der Waals surface area contributed by atoms with E-state index < -0.39 is 11.7 Å². The molecule has 0 aliphatic carbocycles. The molecule has 0 spiro atoms. The van der Waals surface area contributed by atoms with Gasteiger partial charge in [0.25, 0.3) is 0 Å². The van der Waals surface area contributed by atoms with Crippen LogP contribution in [-0.2, 0) is 4.74 Å². The Morgan fingerprint density at radius 2 is 2.21 bits per heavy atom. The fourth-order valence-corrected chi connectivity index (χ4v) is 1.34. The highest BCUT2D eigenvalue weighted by molar-refractivity contribution is 5.67. The Morgan fingerprint density at radius 1 is 1.47 bits per heavy atom. The minimum Gasteiger partial charge on any atom is -0.444 e. The molecule has 0 saturated carbocycles. The van der Waals surface area contributed by atoms with E-state index in [1.165, 1.54) is 6.07 Å². The zero-order valence-corrected chi connectivity index (χ0v) is 11.5. The van der Waals surface area contributed by atoms with Gasteiger partial charge < -0.3 is 15.0 Å². The number of carbonyl (C=O) groups is 1. The first-order valence-corrected chi connectivity index (χ1v) is 6.19. The number of aromatic nitrogens is 1. The van der Waals surface area contributed by atoms with Crippen molar-refractivity contribution in [2.45, 2.75) is 32.8 Å². The molecular formula is C14H20N2O3. The second kappa shape index (κ2) is 6.78. The fourth-order valence-electron chi connectivity index (χ4n) is 1.34. The van der Waals surface area contributed by atoms with Crippen LogP contribution in [-0.4, -0.2) is 23.2 Å². The molecule has 1 heterocycles. The Balaban J connectivity index is 2.30. The maximum absolute atomic E-state index is 11.4. The maximum atomic E-state index is 11.4. The van der Waals surface area contributed by atoms with Crippen LogP contribution in [0.25, 0.3) is 6.08 Å². The Bertz CT molecular complexity index is 498. The molecule has 0 fully saturated rings. The quantitative estimate of drug-likeness (QED) is 0.820. The van der Waals surface area contributed by atoms with Gasteiger partial charge in [0.05, 0.1) is 0 Å². The molecule has 0 saturated heterocycles. The van der Waals surface area contributed by atoms with Gasteiger partial charge in [0.1, 0.15) is 5.60 Å². The Hall–Kier alpha value is -2.04. The van der Waals surface area contributed by atoms with Crippen molar-refractivity contribution in [2.75, 3.05) is 6.54 Å². The lowest BCUT2D eigenvalue weighted by Gasteiger charge is -2.19. The van der Waals surface area contributed by atoms with E-state index in [1.807, 2.05) is 26.8 Å². The Morgan fingerprint density at radius 3 is 2.84 bits per heavy atom. The first-order chi connectivity index (χ1) is 8.88. The molecular weight excluding hydrogens is 244 g/mol. The van der Waals surface area contributed by atoms with Crippen molar-refractivity contribution < 1.29 is 9.53 Å². The second-order valence-electron chi connectivity index (χ2n) is 5.08. The normalized spacial score (nSPS) is 11.5. The number of H-pyrrole nitrogens is 1. The fraction of sp³-hybridized carbons (Fsp3) is 0.429. The molecule has 0 unspecified atom stereocenters. The lowest BCUT2D eigenvalue weighted by molar-refractivity contribution is 0.0529. The first-order valence-electron chi connectivity index (χ1n) is 6.19. The molecule has 104 valence electrons. The van der Waals surface area contributed by atoms with Crippen LogP contribution < -0.4 is 10.7 Å². The van der Waals surface area contributed by atoms with E-state index in [-0.39, 0.29) is 5.43 Å². The van der Waals surface area contributed by atoms with Gasteiger partial charge in [-0.25, -0.2) is 4.79 Å². The van der Waals surface area contributed by atoms with Gasteiger partial charge in [-0.1, -0.05) is 12.2 Å². The molecule has 0 aliphatic heterocycles. The van der Waals surface area contributed by atoms with Crippen molar-refractivity contribution in [1.82, 2.24) is 10.3 Å². The Kier molecular flexibility index (Phi) is 5.36. The average Bonchev–Trinajstić information content (AvgIpc) is 2.28. The van der Waals surface area contributed by atoms with Crippen molar-refractivity contribution in [3.05, 3.63) is 40.3 Å². The van der Waals surface area contributed by atoms with E-state index in [4.69, 9.17) is 4.74 Å². The van der Waals surface area contributed by atoms with Gasteiger partial charge in [-0.3, -0.25) is 4.79 Å². The van der Waals surface area contributed by atoms with Crippen molar-refractivity contribution in [2.24, 2.45) is 0 Å². The second-order valence-corrected chi connectivity index (χ2v) is 5.08. The third kappa shape index (κ3) is 6.45. The summed E-state index contributed by atoms with van der Waals surface area (Å²) in [6.45, 7) is 5.91. The van der Waals surface area contributed by atoms with Crippen LogP contribution in [0.4, 0.5) is 4.79 Å². The zero-order chi connectivity index (χ0) is 14.3. The molecule has 2 N–H and O–H groups in total. The van der Waals surface area contributed by atoms with E-state index in [2.05, 4.69) is 10.3 Å². The molecule has 0 aromatic carbocycles. The largest absolute Gasteiger partial charge is 0.444 e. The number of hydrogen-bond acceptors (Lipinski definition) is 3. The summed E-state index contributed by atoms with van der Waals surface area (Å²) in [4.78, 5) is 25.6. The monoisotopic (exact) mass is 264 g/mol. The number of amides is 1. The Labute approximate surface area is 112 Å². The van der Waals surface area contributed by atoms with Gasteiger partial charge in [0, 0.05) is 30.6 Å². The molecule has 5 heteroatoms. The minimum absolute atomic E-state index is 0.0323. The molecule has 0 aliphatic rings. The van der Waals surface area contributed by atoms with Gasteiger partial charge in [-0.05, 0) is 27.2 Å². The van der Waals surface area contributed by atoms with Crippen LogP contribution in [0, 0.1) is 0 Å². The lowest BCUT2D eigenvalue weighted by Crippen LogP contribution is -2.32. The number of ether oxygens (including phenoxy) is 1. The number of pyridine rings is 1. The van der Waals surface area contributed by atoms with Gasteiger partial charge in [-0.2, -0.15) is 0 Å². The van der Waals surface area contributed by atoms with Crippen LogP contribution >= 0.6 is 0 Å². The van der Waals surface area contributed by atoms with Gasteiger partial charge >= 0.3 is 6.09 Å². The highest BCUT2D eigenvalue weighted by Gasteiger charge is 2.15.